The molecule has 3 aliphatic heterocycles. The zero-order valence-corrected chi connectivity index (χ0v) is 32.0. The predicted octanol–water partition coefficient (Wildman–Crippen LogP) is 4.83. The number of cyclic esters (lactones) is 1. The van der Waals surface area contributed by atoms with Gasteiger partial charge in [0.15, 0.2) is 18.4 Å². The molecule has 51 heavy (non-hydrogen) atoms. The molecule has 0 amide bonds. The number of carbonyl (C=O) groups is 2. The molecule has 0 aromatic heterocycles. The number of Topliss-reactive ketones (excluding diaryl/α,β-unsaturated/α-hetero) is 1. The summed E-state index contributed by atoms with van der Waals surface area (Å²) in [7, 11) is 7.32. The Balaban J connectivity index is 1.20. The first-order valence-electron chi connectivity index (χ1n) is 19.6. The third kappa shape index (κ3) is 8.21. The average molecular weight is 718 g/mol. The fourth-order valence-corrected chi connectivity index (χ4v) is 10.2. The van der Waals surface area contributed by atoms with Crippen molar-refractivity contribution < 1.29 is 47.9 Å². The maximum atomic E-state index is 14.6. The number of hydrogen-bond acceptors (Lipinski definition) is 11. The van der Waals surface area contributed by atoms with Crippen LogP contribution in [0.1, 0.15) is 85.5 Å². The molecule has 11 nitrogen and oxygen atoms in total. The average Bonchev–Trinajstić information content (AvgIpc) is 3.68. The molecule has 4 fully saturated rings. The quantitative estimate of drug-likeness (QED) is 0.275. The van der Waals surface area contributed by atoms with Gasteiger partial charge >= 0.3 is 5.97 Å². The van der Waals surface area contributed by atoms with Gasteiger partial charge in [0.1, 0.15) is 24.4 Å². The minimum Gasteiger partial charge on any atom is -0.462 e. The van der Waals surface area contributed by atoms with Gasteiger partial charge in [-0.1, -0.05) is 32.1 Å². The second-order valence-electron chi connectivity index (χ2n) is 16.3. The normalized spacial score (nSPS) is 46.4. The molecule has 0 aromatic carbocycles. The van der Waals surface area contributed by atoms with E-state index < -0.39 is 24.6 Å². The van der Waals surface area contributed by atoms with Crippen molar-refractivity contribution in [3.8, 4) is 0 Å². The molecule has 17 atom stereocenters. The number of fused-ring (bicyclic) bond motifs is 5. The molecule has 0 bridgehead atoms. The Morgan fingerprint density at radius 2 is 1.67 bits per heavy atom. The Labute approximate surface area is 304 Å². The third-order valence-corrected chi connectivity index (χ3v) is 13.0. The highest BCUT2D eigenvalue weighted by atomic mass is 16.7. The van der Waals surface area contributed by atoms with Crippen LogP contribution in [-0.4, -0.2) is 118 Å². The fourth-order valence-electron chi connectivity index (χ4n) is 10.2. The maximum Gasteiger partial charge on any atom is 0.306 e. The van der Waals surface area contributed by atoms with Crippen LogP contribution in [0.4, 0.5) is 0 Å². The number of rotatable bonds is 8. The van der Waals surface area contributed by atoms with E-state index in [9.17, 15) is 14.7 Å². The van der Waals surface area contributed by atoms with Gasteiger partial charge in [0.25, 0.3) is 0 Å². The Bertz CT molecular complexity index is 1270. The first-order valence-corrected chi connectivity index (χ1v) is 19.6. The molecule has 0 radical (unpaired) electrons. The van der Waals surface area contributed by atoms with Gasteiger partial charge in [0.05, 0.1) is 30.8 Å². The molecule has 3 saturated heterocycles. The Morgan fingerprint density at radius 1 is 0.902 bits per heavy atom. The first kappa shape index (κ1) is 39.0. The zero-order chi connectivity index (χ0) is 36.6. The van der Waals surface area contributed by atoms with E-state index in [2.05, 4.69) is 51.1 Å². The predicted molar refractivity (Wildman–Crippen MR) is 189 cm³/mol. The lowest BCUT2D eigenvalue weighted by molar-refractivity contribution is -0.310. The summed E-state index contributed by atoms with van der Waals surface area (Å²) in [5.74, 6) is -0.183. The van der Waals surface area contributed by atoms with E-state index in [4.69, 9.17) is 33.2 Å². The first-order chi connectivity index (χ1) is 24.4. The second kappa shape index (κ2) is 16.8. The van der Waals surface area contributed by atoms with Crippen LogP contribution in [0.15, 0.2) is 23.8 Å². The molecular weight excluding hydrogens is 654 g/mol. The standard InChI is InChI=1S/C40H63NO10/c1-9-25-11-10-12-33(51-35-16-15-32(41(5)6)22(3)47-35)21(2)36(43)31-19-29-27(30(31)20-34(42)49-25)14-13-24-17-26(18-28(24)29)50-40-37(44)39(46-8)38(45-7)23(4)48-40/h13-14,19,21-30,32-33,35,37-40,44H,9-12,15-18,20H2,1-8H3/t21-,22-,23+,24-,25+,26-,27-,28-,29-,30+,32+,33+,35-,37-,38+,39+,40+/m1/s1. The number of esters is 1. The van der Waals surface area contributed by atoms with Crippen LogP contribution in [0.5, 0.6) is 0 Å². The lowest BCUT2D eigenvalue weighted by Gasteiger charge is -2.42. The number of ether oxygens (including phenoxy) is 7. The van der Waals surface area contributed by atoms with Crippen LogP contribution in [0.25, 0.3) is 0 Å². The molecular formula is C40H63NO10. The third-order valence-electron chi connectivity index (χ3n) is 13.0. The molecule has 3 heterocycles. The van der Waals surface area contributed by atoms with Crippen molar-refractivity contribution in [2.75, 3.05) is 28.3 Å². The smallest absolute Gasteiger partial charge is 0.306 e. The lowest BCUT2D eigenvalue weighted by atomic mass is 9.70. The summed E-state index contributed by atoms with van der Waals surface area (Å²) in [5, 5.41) is 11.1. The Hall–Kier alpha value is -1.70. The number of aliphatic hydroxyl groups is 1. The summed E-state index contributed by atoms with van der Waals surface area (Å²) in [5.41, 5.74) is 0.741. The van der Waals surface area contributed by atoms with Crippen molar-refractivity contribution in [1.82, 2.24) is 4.90 Å². The second-order valence-corrected chi connectivity index (χ2v) is 16.3. The topological polar surface area (TPSA) is 122 Å². The van der Waals surface area contributed by atoms with E-state index in [1.807, 2.05) is 13.8 Å². The molecule has 1 saturated carbocycles. The number of ketones is 1. The van der Waals surface area contributed by atoms with E-state index in [0.29, 0.717) is 12.5 Å². The molecule has 0 aromatic rings. The number of hydrogen-bond donors (Lipinski definition) is 1. The van der Waals surface area contributed by atoms with Crippen LogP contribution < -0.4 is 0 Å². The monoisotopic (exact) mass is 717 g/mol. The van der Waals surface area contributed by atoms with E-state index in [1.165, 1.54) is 0 Å². The van der Waals surface area contributed by atoms with E-state index >= 15 is 0 Å². The summed E-state index contributed by atoms with van der Waals surface area (Å²) in [4.78, 5) is 30.3. The van der Waals surface area contributed by atoms with Crippen LogP contribution in [0.2, 0.25) is 0 Å². The van der Waals surface area contributed by atoms with Crippen molar-refractivity contribution in [3.63, 3.8) is 0 Å². The van der Waals surface area contributed by atoms with Crippen molar-refractivity contribution in [2.24, 2.45) is 35.5 Å². The van der Waals surface area contributed by atoms with Crippen molar-refractivity contribution >= 4 is 11.8 Å². The summed E-state index contributed by atoms with van der Waals surface area (Å²) in [6, 6.07) is 0.333. The molecule has 6 rings (SSSR count). The minimum atomic E-state index is -0.990. The Kier molecular flexibility index (Phi) is 12.8. The van der Waals surface area contributed by atoms with Gasteiger partial charge in [0, 0.05) is 32.1 Å². The van der Waals surface area contributed by atoms with Gasteiger partial charge in [-0.3, -0.25) is 9.59 Å². The van der Waals surface area contributed by atoms with Crippen molar-refractivity contribution in [3.05, 3.63) is 23.8 Å². The highest BCUT2D eigenvalue weighted by molar-refractivity contribution is 5.99. The van der Waals surface area contributed by atoms with E-state index in [-0.39, 0.29) is 90.5 Å². The number of carbonyl (C=O) groups excluding carboxylic acids is 2. The fraction of sp³-hybridized carbons (Fsp3) is 0.850. The molecule has 3 aliphatic carbocycles. The molecule has 0 unspecified atom stereocenters. The Morgan fingerprint density at radius 3 is 2.35 bits per heavy atom. The van der Waals surface area contributed by atoms with Gasteiger partial charge in [-0.25, -0.2) is 0 Å². The van der Waals surface area contributed by atoms with Crippen LogP contribution >= 0.6 is 0 Å². The summed E-state index contributed by atoms with van der Waals surface area (Å²) in [6.07, 6.45) is 9.18. The summed E-state index contributed by atoms with van der Waals surface area (Å²) >= 11 is 0. The maximum absolute atomic E-state index is 14.6. The van der Waals surface area contributed by atoms with E-state index in [1.54, 1.807) is 14.2 Å². The summed E-state index contributed by atoms with van der Waals surface area (Å²) in [6.45, 7) is 8.06. The molecule has 288 valence electrons. The highest BCUT2D eigenvalue weighted by Crippen LogP contribution is 2.54. The van der Waals surface area contributed by atoms with Crippen LogP contribution in [-0.2, 0) is 42.7 Å². The SMILES string of the molecule is CC[C@H]1CCC[C@H](O[C@@H]2CC[C@H](N(C)C)[C@@H](C)O2)[C@@H](C)C(=O)C2=C[C@@H]3[C@@H](C=C[C@@H]4C[C@@H](O[C@@H]5O[C@@H](C)[C@H](OC)[C@@H](OC)[C@H]5O)C[C@@H]34)[C@@H]2CC(=O)O1. The molecule has 0 spiro atoms. The molecule has 11 heteroatoms. The number of nitrogens with zero attached hydrogens (tertiary/aromatic N) is 1. The van der Waals surface area contributed by atoms with Crippen LogP contribution in [0, 0.1) is 35.5 Å². The van der Waals surface area contributed by atoms with Gasteiger partial charge in [-0.15, -0.1) is 0 Å². The van der Waals surface area contributed by atoms with Crippen molar-refractivity contribution in [2.45, 2.75) is 153 Å². The number of allylic oxidation sites excluding steroid dienone is 4. The van der Waals surface area contributed by atoms with Gasteiger partial charge < -0.3 is 43.2 Å². The van der Waals surface area contributed by atoms with Crippen LogP contribution in [0.3, 0.4) is 0 Å². The number of aliphatic hydroxyl groups excluding tert-OH is 1. The lowest BCUT2D eigenvalue weighted by Crippen LogP contribution is -2.59. The van der Waals surface area contributed by atoms with Gasteiger partial charge in [-0.2, -0.15) is 0 Å². The van der Waals surface area contributed by atoms with E-state index in [0.717, 1.165) is 50.5 Å². The summed E-state index contributed by atoms with van der Waals surface area (Å²) < 4.78 is 42.8. The van der Waals surface area contributed by atoms with Gasteiger partial charge in [0.2, 0.25) is 0 Å². The zero-order valence-electron chi connectivity index (χ0n) is 32.0. The number of methoxy groups -OCH3 is 2. The molecule has 1 N–H and O–H groups in total. The molecule has 6 aliphatic rings. The van der Waals surface area contributed by atoms with Crippen molar-refractivity contribution in [1.29, 1.82) is 0 Å². The number of likely N-dealkylation sites (N-methyl/N-ethyl adjacent to an activating group) is 1. The highest BCUT2D eigenvalue weighted by Gasteiger charge is 2.52. The minimum absolute atomic E-state index is 0.0217. The largest absolute Gasteiger partial charge is 0.462 e. The van der Waals surface area contributed by atoms with Gasteiger partial charge in [-0.05, 0) is 109 Å².